The van der Waals surface area contributed by atoms with Gasteiger partial charge in [0, 0.05) is 19.5 Å². The van der Waals surface area contributed by atoms with Gasteiger partial charge in [0.15, 0.2) is 0 Å². The Morgan fingerprint density at radius 1 is 1.17 bits per heavy atom. The van der Waals surface area contributed by atoms with E-state index in [4.69, 9.17) is 14.2 Å². The van der Waals surface area contributed by atoms with Gasteiger partial charge in [-0.3, -0.25) is 9.69 Å². The van der Waals surface area contributed by atoms with Crippen molar-refractivity contribution in [3.05, 3.63) is 42.3 Å². The summed E-state index contributed by atoms with van der Waals surface area (Å²) < 4.78 is 15.3. The molecule has 1 heterocycles. The lowest BCUT2D eigenvalue weighted by Crippen LogP contribution is -2.46. The maximum atomic E-state index is 12.4. The molecule has 0 spiro atoms. The Hall–Kier alpha value is -2.83. The van der Waals surface area contributed by atoms with Crippen LogP contribution in [0.15, 0.2) is 42.3 Å². The van der Waals surface area contributed by atoms with Gasteiger partial charge >= 0.3 is 18.0 Å². The standard InChI is InChI=1S/C17H19NO6/c1-3-22-17(21)18-11-14(23-12(2)19)9-10-15(18)16(20)24-13-7-5-4-6-8-13/h4-8,11,15H,3,9-10H2,1-2H3/t15-/m0/s1. The van der Waals surface area contributed by atoms with Crippen LogP contribution in [-0.2, 0) is 19.1 Å². The number of esters is 2. The molecular weight excluding hydrogens is 314 g/mol. The molecule has 1 aromatic rings. The van der Waals surface area contributed by atoms with E-state index in [1.807, 2.05) is 0 Å². The summed E-state index contributed by atoms with van der Waals surface area (Å²) in [6, 6.07) is 7.74. The van der Waals surface area contributed by atoms with Crippen LogP contribution in [0, 0.1) is 0 Å². The predicted octanol–water partition coefficient (Wildman–Crippen LogP) is 2.62. The molecule has 7 heteroatoms. The van der Waals surface area contributed by atoms with Gasteiger partial charge in [0.1, 0.15) is 17.6 Å². The number of carbonyl (C=O) groups excluding carboxylic acids is 3. The number of carbonyl (C=O) groups is 3. The summed E-state index contributed by atoms with van der Waals surface area (Å²) in [6.45, 7) is 3.09. The fourth-order valence-corrected chi connectivity index (χ4v) is 2.27. The number of allylic oxidation sites excluding steroid dienone is 1. The van der Waals surface area contributed by atoms with Gasteiger partial charge in [-0.2, -0.15) is 0 Å². The predicted molar refractivity (Wildman–Crippen MR) is 83.8 cm³/mol. The second-order valence-electron chi connectivity index (χ2n) is 5.08. The largest absolute Gasteiger partial charge is 0.449 e. The van der Waals surface area contributed by atoms with Crippen LogP contribution in [0.2, 0.25) is 0 Å². The average Bonchev–Trinajstić information content (AvgIpc) is 2.55. The summed E-state index contributed by atoms with van der Waals surface area (Å²) in [5.74, 6) is -0.372. The molecule has 0 aliphatic carbocycles. The van der Waals surface area contributed by atoms with Crippen molar-refractivity contribution in [1.29, 1.82) is 0 Å². The van der Waals surface area contributed by atoms with Gasteiger partial charge in [0.05, 0.1) is 6.61 Å². The molecule has 1 aliphatic heterocycles. The van der Waals surface area contributed by atoms with Gasteiger partial charge in [-0.05, 0) is 25.5 Å². The summed E-state index contributed by atoms with van der Waals surface area (Å²) in [6.07, 6.45) is 1.23. The number of benzene rings is 1. The molecule has 0 aromatic heterocycles. The van der Waals surface area contributed by atoms with Crippen LogP contribution in [0.3, 0.4) is 0 Å². The molecule has 128 valence electrons. The van der Waals surface area contributed by atoms with Crippen LogP contribution < -0.4 is 4.74 Å². The van der Waals surface area contributed by atoms with Gasteiger partial charge in [-0.25, -0.2) is 9.59 Å². The Kier molecular flexibility index (Phi) is 5.95. The molecule has 7 nitrogen and oxygen atoms in total. The molecule has 0 N–H and O–H groups in total. The highest BCUT2D eigenvalue weighted by Gasteiger charge is 2.35. The van der Waals surface area contributed by atoms with Crippen molar-refractivity contribution in [2.24, 2.45) is 0 Å². The van der Waals surface area contributed by atoms with Gasteiger partial charge in [0.25, 0.3) is 0 Å². The first kappa shape index (κ1) is 17.5. The van der Waals surface area contributed by atoms with Crippen molar-refractivity contribution in [2.75, 3.05) is 6.61 Å². The molecule has 0 saturated heterocycles. The smallest absolute Gasteiger partial charge is 0.414 e. The molecule has 1 aliphatic rings. The summed E-state index contributed by atoms with van der Waals surface area (Å²) in [5, 5.41) is 0. The highest BCUT2D eigenvalue weighted by Crippen LogP contribution is 2.24. The molecule has 1 aromatic carbocycles. The summed E-state index contributed by atoms with van der Waals surface area (Å²) in [7, 11) is 0. The lowest BCUT2D eigenvalue weighted by atomic mass is 10.1. The van der Waals surface area contributed by atoms with Crippen molar-refractivity contribution in [3.8, 4) is 5.75 Å². The third-order valence-electron chi connectivity index (χ3n) is 3.27. The molecule has 0 fully saturated rings. The second-order valence-corrected chi connectivity index (χ2v) is 5.08. The highest BCUT2D eigenvalue weighted by atomic mass is 16.6. The maximum Gasteiger partial charge on any atom is 0.414 e. The number of para-hydroxylation sites is 1. The molecule has 24 heavy (non-hydrogen) atoms. The topological polar surface area (TPSA) is 82.1 Å². The van der Waals surface area contributed by atoms with E-state index < -0.39 is 24.1 Å². The summed E-state index contributed by atoms with van der Waals surface area (Å²) in [5.41, 5.74) is 0. The molecule has 0 unspecified atom stereocenters. The quantitative estimate of drug-likeness (QED) is 0.622. The number of ether oxygens (including phenoxy) is 3. The van der Waals surface area contributed by atoms with E-state index in [-0.39, 0.29) is 13.0 Å². The van der Waals surface area contributed by atoms with E-state index in [2.05, 4.69) is 0 Å². The van der Waals surface area contributed by atoms with E-state index in [1.165, 1.54) is 13.1 Å². The Labute approximate surface area is 139 Å². The zero-order chi connectivity index (χ0) is 17.5. The lowest BCUT2D eigenvalue weighted by Gasteiger charge is -2.30. The van der Waals surface area contributed by atoms with Crippen molar-refractivity contribution < 1.29 is 28.6 Å². The Morgan fingerprint density at radius 2 is 1.88 bits per heavy atom. The molecule has 0 bridgehead atoms. The van der Waals surface area contributed by atoms with Crippen LogP contribution in [0.25, 0.3) is 0 Å². The number of hydrogen-bond acceptors (Lipinski definition) is 6. The van der Waals surface area contributed by atoms with Crippen LogP contribution >= 0.6 is 0 Å². The third-order valence-corrected chi connectivity index (χ3v) is 3.27. The van der Waals surface area contributed by atoms with Crippen molar-refractivity contribution in [2.45, 2.75) is 32.7 Å². The first-order valence-corrected chi connectivity index (χ1v) is 7.62. The van der Waals surface area contributed by atoms with Gasteiger partial charge < -0.3 is 14.2 Å². The van der Waals surface area contributed by atoms with Gasteiger partial charge in [0.2, 0.25) is 0 Å². The summed E-state index contributed by atoms with van der Waals surface area (Å²) in [4.78, 5) is 36.7. The van der Waals surface area contributed by atoms with E-state index in [9.17, 15) is 14.4 Å². The molecule has 1 atom stereocenters. The second kappa shape index (κ2) is 8.14. The monoisotopic (exact) mass is 333 g/mol. The highest BCUT2D eigenvalue weighted by molar-refractivity contribution is 5.84. The van der Waals surface area contributed by atoms with Crippen molar-refractivity contribution in [3.63, 3.8) is 0 Å². The summed E-state index contributed by atoms with van der Waals surface area (Å²) >= 11 is 0. The minimum absolute atomic E-state index is 0.159. The van der Waals surface area contributed by atoms with Crippen LogP contribution in [0.5, 0.6) is 5.75 Å². The number of amides is 1. The number of hydrogen-bond donors (Lipinski definition) is 0. The maximum absolute atomic E-state index is 12.4. The van der Waals surface area contributed by atoms with Crippen molar-refractivity contribution in [1.82, 2.24) is 4.90 Å². The zero-order valence-electron chi connectivity index (χ0n) is 13.6. The first-order chi connectivity index (χ1) is 11.5. The average molecular weight is 333 g/mol. The van der Waals surface area contributed by atoms with Crippen LogP contribution in [0.4, 0.5) is 4.79 Å². The van der Waals surface area contributed by atoms with E-state index in [0.717, 1.165) is 4.90 Å². The Balaban J connectivity index is 2.17. The third kappa shape index (κ3) is 4.58. The molecule has 2 rings (SSSR count). The minimum atomic E-state index is -0.844. The molecule has 1 amide bonds. The molecule has 0 radical (unpaired) electrons. The van der Waals surface area contributed by atoms with Crippen LogP contribution in [0.1, 0.15) is 26.7 Å². The minimum Gasteiger partial charge on any atom is -0.449 e. The SMILES string of the molecule is CCOC(=O)N1C=C(OC(C)=O)CC[C@H]1C(=O)Oc1ccccc1. The fourth-order valence-electron chi connectivity index (χ4n) is 2.27. The fraction of sp³-hybridized carbons (Fsp3) is 0.353. The van der Waals surface area contributed by atoms with Crippen LogP contribution in [-0.4, -0.2) is 35.6 Å². The van der Waals surface area contributed by atoms with E-state index in [0.29, 0.717) is 17.9 Å². The lowest BCUT2D eigenvalue weighted by molar-refractivity contribution is -0.140. The molecule has 0 saturated carbocycles. The first-order valence-electron chi connectivity index (χ1n) is 7.62. The normalized spacial score (nSPS) is 16.8. The van der Waals surface area contributed by atoms with Gasteiger partial charge in [-0.1, -0.05) is 18.2 Å². The molecular formula is C17H19NO6. The number of rotatable bonds is 4. The van der Waals surface area contributed by atoms with Crippen molar-refractivity contribution >= 4 is 18.0 Å². The number of nitrogens with zero attached hydrogens (tertiary/aromatic N) is 1. The Bertz CT molecular complexity index is 640. The van der Waals surface area contributed by atoms with E-state index >= 15 is 0 Å². The Morgan fingerprint density at radius 3 is 2.50 bits per heavy atom. The van der Waals surface area contributed by atoms with Gasteiger partial charge in [-0.15, -0.1) is 0 Å². The van der Waals surface area contributed by atoms with E-state index in [1.54, 1.807) is 37.3 Å². The zero-order valence-corrected chi connectivity index (χ0v) is 13.6.